The summed E-state index contributed by atoms with van der Waals surface area (Å²) in [6, 6.07) is 14.7. The predicted octanol–water partition coefficient (Wildman–Crippen LogP) is 4.31. The summed E-state index contributed by atoms with van der Waals surface area (Å²) in [7, 11) is 1.64. The molecule has 42 heavy (non-hydrogen) atoms. The van der Waals surface area contributed by atoms with Gasteiger partial charge in [0.25, 0.3) is 0 Å². The van der Waals surface area contributed by atoms with Gasteiger partial charge in [0.2, 0.25) is 5.91 Å². The summed E-state index contributed by atoms with van der Waals surface area (Å²) >= 11 is 1.34. The molecule has 3 aliphatic rings. The number of nitrogens with zero attached hydrogens (tertiary/aromatic N) is 4. The van der Waals surface area contributed by atoms with Crippen LogP contribution in [0.1, 0.15) is 52.2 Å². The molecule has 2 aromatic carbocycles. The number of aromatic nitrogens is 1. The number of thiazole rings is 1. The van der Waals surface area contributed by atoms with E-state index in [1.54, 1.807) is 25.3 Å². The maximum Gasteiger partial charge on any atom is 0.335 e. The SMILES string of the molecule is COc1ccc(N2CN(Cc3cccc(C(=O)O)c3)C(=O)C23CCN(CCCn2c4c(sc2=O)C=CCC4)CC3)cc1. The van der Waals surface area contributed by atoms with Crippen molar-refractivity contribution in [3.05, 3.63) is 86.0 Å². The molecule has 9 nitrogen and oxygen atoms in total. The minimum absolute atomic E-state index is 0.0863. The number of carboxylic acids is 1. The lowest BCUT2D eigenvalue weighted by molar-refractivity contribution is -0.134. The fourth-order valence-electron chi connectivity index (χ4n) is 6.57. The van der Waals surface area contributed by atoms with Crippen molar-refractivity contribution in [1.82, 2.24) is 14.4 Å². The number of carboxylic acid groups (broad SMARTS) is 1. The summed E-state index contributed by atoms with van der Waals surface area (Å²) in [6.45, 7) is 3.97. The Hall–Kier alpha value is -3.89. The Kier molecular flexibility index (Phi) is 7.92. The highest BCUT2D eigenvalue weighted by Crippen LogP contribution is 2.40. The lowest BCUT2D eigenvalue weighted by Crippen LogP contribution is -2.56. The number of carbonyl (C=O) groups excluding carboxylic acids is 1. The molecule has 1 amide bonds. The number of carbonyl (C=O) groups is 2. The van der Waals surface area contributed by atoms with E-state index in [1.165, 1.54) is 17.0 Å². The first-order chi connectivity index (χ1) is 20.4. The van der Waals surface area contributed by atoms with Crippen LogP contribution in [0.5, 0.6) is 5.75 Å². The van der Waals surface area contributed by atoms with Crippen molar-refractivity contribution in [2.24, 2.45) is 0 Å². The van der Waals surface area contributed by atoms with Gasteiger partial charge in [-0.15, -0.1) is 0 Å². The van der Waals surface area contributed by atoms with E-state index >= 15 is 0 Å². The van der Waals surface area contributed by atoms with Gasteiger partial charge in [-0.3, -0.25) is 9.59 Å². The summed E-state index contributed by atoms with van der Waals surface area (Å²) < 4.78 is 7.32. The summed E-state index contributed by atoms with van der Waals surface area (Å²) in [5.41, 5.74) is 2.50. The molecule has 3 aromatic rings. The number of methoxy groups -OCH3 is 1. The molecule has 0 unspecified atom stereocenters. The number of ether oxygens (including phenoxy) is 1. The van der Waals surface area contributed by atoms with E-state index in [9.17, 15) is 19.5 Å². The van der Waals surface area contributed by atoms with Gasteiger partial charge in [0.15, 0.2) is 0 Å². The highest BCUT2D eigenvalue weighted by Gasteiger charge is 2.53. The number of hydrogen-bond donors (Lipinski definition) is 1. The van der Waals surface area contributed by atoms with Crippen molar-refractivity contribution in [3.63, 3.8) is 0 Å². The predicted molar refractivity (Wildman–Crippen MR) is 163 cm³/mol. The molecule has 1 spiro atoms. The van der Waals surface area contributed by atoms with Crippen LogP contribution < -0.4 is 14.5 Å². The van der Waals surface area contributed by atoms with Crippen molar-refractivity contribution in [2.45, 2.75) is 50.7 Å². The van der Waals surface area contributed by atoms with Crippen LogP contribution in [0, 0.1) is 0 Å². The maximum atomic E-state index is 14.1. The third-order valence-electron chi connectivity index (χ3n) is 8.83. The van der Waals surface area contributed by atoms with Crippen molar-refractivity contribution in [1.29, 1.82) is 0 Å². The molecule has 0 bridgehead atoms. The summed E-state index contributed by atoms with van der Waals surface area (Å²) in [6.07, 6.45) is 8.41. The minimum Gasteiger partial charge on any atom is -0.497 e. The summed E-state index contributed by atoms with van der Waals surface area (Å²) in [5.74, 6) is -0.130. The van der Waals surface area contributed by atoms with Crippen LogP contribution in [-0.2, 0) is 24.3 Å². The second kappa shape index (κ2) is 11.8. The van der Waals surface area contributed by atoms with Gasteiger partial charge in [0, 0.05) is 37.6 Å². The topological polar surface area (TPSA) is 95.3 Å². The highest BCUT2D eigenvalue weighted by molar-refractivity contribution is 7.10. The Bertz CT molecular complexity index is 1550. The smallest absolute Gasteiger partial charge is 0.335 e. The molecule has 2 saturated heterocycles. The molecule has 220 valence electrons. The molecule has 0 saturated carbocycles. The van der Waals surface area contributed by atoms with Crippen LogP contribution in [-0.4, -0.2) is 70.3 Å². The van der Waals surface area contributed by atoms with Crippen LogP contribution in [0.4, 0.5) is 5.69 Å². The van der Waals surface area contributed by atoms with Gasteiger partial charge in [0.1, 0.15) is 11.3 Å². The molecule has 0 atom stereocenters. The van der Waals surface area contributed by atoms with Crippen molar-refractivity contribution < 1.29 is 19.4 Å². The van der Waals surface area contributed by atoms with Gasteiger partial charge in [-0.1, -0.05) is 29.5 Å². The van der Waals surface area contributed by atoms with E-state index in [2.05, 4.69) is 22.0 Å². The number of piperidine rings is 1. The zero-order valence-electron chi connectivity index (χ0n) is 23.8. The van der Waals surface area contributed by atoms with Gasteiger partial charge in [-0.2, -0.15) is 0 Å². The first-order valence-electron chi connectivity index (χ1n) is 14.5. The third kappa shape index (κ3) is 5.36. The number of benzene rings is 2. The Morgan fingerprint density at radius 2 is 1.86 bits per heavy atom. The molecule has 0 radical (unpaired) electrons. The lowest BCUT2D eigenvalue weighted by atomic mass is 9.85. The lowest BCUT2D eigenvalue weighted by Gasteiger charge is -2.43. The average Bonchev–Trinajstić information content (AvgIpc) is 3.47. The van der Waals surface area contributed by atoms with Crippen LogP contribution >= 0.6 is 11.3 Å². The molecule has 1 aromatic heterocycles. The normalized spacial score (nSPS) is 18.1. The van der Waals surface area contributed by atoms with Gasteiger partial charge in [0.05, 0.1) is 24.2 Å². The first-order valence-corrected chi connectivity index (χ1v) is 15.3. The average molecular weight is 589 g/mol. The van der Waals surface area contributed by atoms with Crippen molar-refractivity contribution in [3.8, 4) is 5.75 Å². The fraction of sp³-hybridized carbons (Fsp3) is 0.406. The van der Waals surface area contributed by atoms with E-state index in [-0.39, 0.29) is 16.3 Å². The van der Waals surface area contributed by atoms with E-state index in [1.807, 2.05) is 39.8 Å². The molecule has 10 heteroatoms. The number of aromatic carboxylic acids is 1. The summed E-state index contributed by atoms with van der Waals surface area (Å²) in [5, 5.41) is 9.44. The number of allylic oxidation sites excluding steroid dienone is 1. The van der Waals surface area contributed by atoms with Crippen molar-refractivity contribution in [2.75, 3.05) is 38.3 Å². The molecule has 3 heterocycles. The fourth-order valence-corrected chi connectivity index (χ4v) is 7.57. The van der Waals surface area contributed by atoms with E-state index < -0.39 is 11.5 Å². The molecule has 1 N–H and O–H groups in total. The number of amides is 1. The second-order valence-electron chi connectivity index (χ2n) is 11.3. The zero-order chi connectivity index (χ0) is 29.3. The largest absolute Gasteiger partial charge is 0.497 e. The Labute approximate surface area is 249 Å². The summed E-state index contributed by atoms with van der Waals surface area (Å²) in [4.78, 5) is 45.9. The molecule has 2 aliphatic heterocycles. The van der Waals surface area contributed by atoms with Gasteiger partial charge >= 0.3 is 10.8 Å². The Morgan fingerprint density at radius 1 is 1.07 bits per heavy atom. The number of anilines is 1. The van der Waals surface area contributed by atoms with Crippen LogP contribution in [0.3, 0.4) is 0 Å². The van der Waals surface area contributed by atoms with Crippen LogP contribution in [0.2, 0.25) is 0 Å². The van der Waals surface area contributed by atoms with Crippen LogP contribution in [0.25, 0.3) is 6.08 Å². The number of fused-ring (bicyclic) bond motifs is 1. The van der Waals surface area contributed by atoms with Gasteiger partial charge in [-0.05, 0) is 86.7 Å². The standard InChI is InChI=1S/C32H36N4O5S/c1-41-26-12-10-25(11-13-26)36-22-34(21-23-6-4-7-24(20-23)29(37)38)30(39)32(36)14-18-33(19-15-32)16-5-17-35-27-8-2-3-9-28(27)42-31(35)40/h3-4,6-7,9-13,20H,2,5,8,14-19,21-22H2,1H3,(H,37,38). The number of hydrogen-bond acceptors (Lipinski definition) is 7. The quantitative estimate of drug-likeness (QED) is 0.398. The first kappa shape index (κ1) is 28.2. The monoisotopic (exact) mass is 588 g/mol. The molecule has 2 fully saturated rings. The minimum atomic E-state index is -0.978. The zero-order valence-corrected chi connectivity index (χ0v) is 24.6. The molecule has 6 rings (SSSR count). The molecular formula is C32H36N4O5S. The van der Waals surface area contributed by atoms with Gasteiger partial charge < -0.3 is 29.1 Å². The molecular weight excluding hydrogens is 552 g/mol. The third-order valence-corrected chi connectivity index (χ3v) is 9.82. The van der Waals surface area contributed by atoms with Gasteiger partial charge in [-0.25, -0.2) is 4.79 Å². The van der Waals surface area contributed by atoms with E-state index in [0.717, 1.165) is 67.3 Å². The Balaban J connectivity index is 1.16. The Morgan fingerprint density at radius 3 is 2.60 bits per heavy atom. The highest BCUT2D eigenvalue weighted by atomic mass is 32.1. The number of likely N-dealkylation sites (tertiary alicyclic amines) is 1. The van der Waals surface area contributed by atoms with Crippen LogP contribution in [0.15, 0.2) is 59.4 Å². The van der Waals surface area contributed by atoms with E-state index in [4.69, 9.17) is 4.74 Å². The van der Waals surface area contributed by atoms with Crippen molar-refractivity contribution >= 4 is 35.0 Å². The maximum absolute atomic E-state index is 14.1. The van der Waals surface area contributed by atoms with E-state index in [0.29, 0.717) is 26.1 Å². The second-order valence-corrected chi connectivity index (χ2v) is 12.3. The number of rotatable bonds is 9. The molecule has 1 aliphatic carbocycles.